The summed E-state index contributed by atoms with van der Waals surface area (Å²) in [5, 5.41) is 48.7. The third-order valence-corrected chi connectivity index (χ3v) is 10.7. The number of nitrogens with zero attached hydrogens (tertiary/aromatic N) is 2. The van der Waals surface area contributed by atoms with Gasteiger partial charge >= 0.3 is 12.1 Å². The molecule has 0 unspecified atom stereocenters. The molecule has 0 radical (unpaired) electrons. The Balaban J connectivity index is 0.983. The number of benzene rings is 2. The highest BCUT2D eigenvalue weighted by Gasteiger charge is 2.53. The Bertz CT molecular complexity index is 2070. The lowest BCUT2D eigenvalue weighted by atomic mass is 9.98. The first-order valence-corrected chi connectivity index (χ1v) is 19.9. The predicted octanol–water partition coefficient (Wildman–Crippen LogP) is -1.57. The second kappa shape index (κ2) is 20.4. The molecular formula is C39H50F3N7O13. The molecule has 0 bridgehead atoms. The monoisotopic (exact) mass is 881 g/mol. The third-order valence-electron chi connectivity index (χ3n) is 10.7. The number of primary amides is 1. The first-order valence-electron chi connectivity index (χ1n) is 19.9. The van der Waals surface area contributed by atoms with E-state index in [-0.39, 0.29) is 50.2 Å². The molecule has 6 rings (SSSR count). The molecule has 23 heteroatoms. The molecule has 340 valence electrons. The van der Waals surface area contributed by atoms with Crippen molar-refractivity contribution in [1.29, 1.82) is 0 Å². The van der Waals surface area contributed by atoms with E-state index in [9.17, 15) is 52.8 Å². The number of hydrogen-bond acceptors (Lipinski definition) is 16. The van der Waals surface area contributed by atoms with Crippen molar-refractivity contribution in [2.24, 2.45) is 11.5 Å². The van der Waals surface area contributed by atoms with Gasteiger partial charge in [-0.25, -0.2) is 4.79 Å². The average Bonchev–Trinajstić information content (AvgIpc) is 3.68. The van der Waals surface area contributed by atoms with Gasteiger partial charge in [0.05, 0.1) is 0 Å². The minimum Gasteiger partial charge on any atom is -0.490 e. The van der Waals surface area contributed by atoms with Gasteiger partial charge in [0, 0.05) is 63.4 Å². The zero-order valence-corrected chi connectivity index (χ0v) is 33.1. The quantitative estimate of drug-likeness (QED) is 0.0653. The van der Waals surface area contributed by atoms with Crippen molar-refractivity contribution in [3.63, 3.8) is 0 Å². The minimum atomic E-state index is -4.77. The number of aromatic nitrogens is 2. The SMILES string of the molecule is NC[C@H]1O[C@@H](O[C@H]([C@H]2O[C@@H](n3ccc(=O)[nH]c3=O)[C@H](O)[C@@H]2O)[C@H](NCCCC(=O)NCc2ccc(N3CCC(Oc4ccc(OC(F)(F)F)cc4)CC3)cc2)C(N)=O)[C@H](O)[C@H]1O. The molecule has 20 nitrogen and oxygen atoms in total. The normalized spacial score (nSPS) is 26.5. The number of alkyl halides is 3. The van der Waals surface area contributed by atoms with Crippen LogP contribution in [0.4, 0.5) is 18.9 Å². The van der Waals surface area contributed by atoms with Crippen LogP contribution in [0.2, 0.25) is 0 Å². The summed E-state index contributed by atoms with van der Waals surface area (Å²) in [6, 6.07) is 12.4. The minimum absolute atomic E-state index is 0.00315. The van der Waals surface area contributed by atoms with Crippen LogP contribution < -0.4 is 47.7 Å². The number of carbonyl (C=O) groups excluding carboxylic acids is 2. The molecule has 3 fully saturated rings. The zero-order chi connectivity index (χ0) is 44.7. The van der Waals surface area contributed by atoms with E-state index in [4.69, 9.17) is 30.4 Å². The number of rotatable bonds is 18. The number of aliphatic hydroxyl groups excluding tert-OH is 4. The molecule has 2 amide bonds. The molecule has 1 aromatic heterocycles. The van der Waals surface area contributed by atoms with Crippen LogP contribution in [0.1, 0.15) is 37.5 Å². The second-order valence-corrected chi connectivity index (χ2v) is 15.1. The summed E-state index contributed by atoms with van der Waals surface area (Å²) in [6.07, 6.45) is -16.5. The van der Waals surface area contributed by atoms with Crippen LogP contribution in [-0.4, -0.2) is 135 Å². The van der Waals surface area contributed by atoms with Crippen LogP contribution in [0.25, 0.3) is 0 Å². The van der Waals surface area contributed by atoms with E-state index in [1.807, 2.05) is 29.2 Å². The fraction of sp³-hybridized carbons (Fsp3) is 0.538. The number of anilines is 1. The smallest absolute Gasteiger partial charge is 0.490 e. The largest absolute Gasteiger partial charge is 0.573 e. The van der Waals surface area contributed by atoms with Crippen LogP contribution >= 0.6 is 0 Å². The van der Waals surface area contributed by atoms with E-state index in [0.29, 0.717) is 31.7 Å². The van der Waals surface area contributed by atoms with E-state index in [2.05, 4.69) is 20.3 Å². The molecule has 10 atom stereocenters. The number of amides is 2. The molecule has 3 aliphatic rings. The van der Waals surface area contributed by atoms with Crippen LogP contribution in [-0.2, 0) is 30.3 Å². The number of piperidine rings is 1. The maximum absolute atomic E-state index is 12.9. The molecule has 3 aliphatic heterocycles. The number of aromatic amines is 1. The van der Waals surface area contributed by atoms with Gasteiger partial charge in [-0.2, -0.15) is 0 Å². The van der Waals surface area contributed by atoms with Crippen molar-refractivity contribution in [2.75, 3.05) is 31.1 Å². The Kier molecular flexibility index (Phi) is 15.3. The van der Waals surface area contributed by atoms with Crippen molar-refractivity contribution in [3.05, 3.63) is 87.2 Å². The van der Waals surface area contributed by atoms with Gasteiger partial charge in [-0.05, 0) is 54.9 Å². The van der Waals surface area contributed by atoms with Gasteiger partial charge in [0.25, 0.3) is 5.56 Å². The summed E-state index contributed by atoms with van der Waals surface area (Å²) in [5.41, 5.74) is 11.5. The van der Waals surface area contributed by atoms with E-state index in [1.165, 1.54) is 24.3 Å². The van der Waals surface area contributed by atoms with Gasteiger partial charge in [0.2, 0.25) is 11.8 Å². The molecule has 0 spiro atoms. The van der Waals surface area contributed by atoms with Gasteiger partial charge in [-0.15, -0.1) is 13.2 Å². The zero-order valence-electron chi connectivity index (χ0n) is 33.1. The van der Waals surface area contributed by atoms with Crippen LogP contribution in [0.15, 0.2) is 70.4 Å². The van der Waals surface area contributed by atoms with Gasteiger partial charge in [-0.1, -0.05) is 12.1 Å². The molecule has 3 saturated heterocycles. The fourth-order valence-corrected chi connectivity index (χ4v) is 7.48. The van der Waals surface area contributed by atoms with Crippen LogP contribution in [0.5, 0.6) is 11.5 Å². The number of aliphatic hydroxyl groups is 4. The molecule has 0 saturated carbocycles. The number of H-pyrrole nitrogens is 1. The molecule has 11 N–H and O–H groups in total. The van der Waals surface area contributed by atoms with Crippen molar-refractivity contribution >= 4 is 17.5 Å². The van der Waals surface area contributed by atoms with Crippen molar-refractivity contribution in [2.45, 2.75) is 106 Å². The maximum atomic E-state index is 12.9. The lowest BCUT2D eigenvalue weighted by Gasteiger charge is -2.34. The molecule has 3 aromatic rings. The molecule has 62 heavy (non-hydrogen) atoms. The van der Waals surface area contributed by atoms with Crippen molar-refractivity contribution in [1.82, 2.24) is 20.2 Å². The average molecular weight is 882 g/mol. The number of halogens is 3. The van der Waals surface area contributed by atoms with E-state index >= 15 is 0 Å². The van der Waals surface area contributed by atoms with Crippen molar-refractivity contribution in [3.8, 4) is 11.5 Å². The summed E-state index contributed by atoms with van der Waals surface area (Å²) in [5.74, 6) is -1.20. The third kappa shape index (κ3) is 11.7. The number of carbonyl (C=O) groups is 2. The van der Waals surface area contributed by atoms with E-state index in [0.717, 1.165) is 28.1 Å². The lowest BCUT2D eigenvalue weighted by Crippen LogP contribution is -2.59. The molecule has 4 heterocycles. The van der Waals surface area contributed by atoms with Gasteiger partial charge in [0.15, 0.2) is 12.5 Å². The Labute approximate surface area is 351 Å². The Hall–Kier alpha value is -5.11. The summed E-state index contributed by atoms with van der Waals surface area (Å²) < 4.78 is 65.3. The summed E-state index contributed by atoms with van der Waals surface area (Å²) in [7, 11) is 0. The summed E-state index contributed by atoms with van der Waals surface area (Å²) >= 11 is 0. The van der Waals surface area contributed by atoms with Gasteiger partial charge in [0.1, 0.15) is 66.4 Å². The topological polar surface area (TPSA) is 295 Å². The highest BCUT2D eigenvalue weighted by atomic mass is 19.4. The molecular weight excluding hydrogens is 831 g/mol. The molecule has 2 aromatic carbocycles. The number of nitrogens with one attached hydrogen (secondary N) is 3. The van der Waals surface area contributed by atoms with Crippen LogP contribution in [0, 0.1) is 0 Å². The summed E-state index contributed by atoms with van der Waals surface area (Å²) in [6.45, 7) is 1.40. The number of hydrogen-bond donors (Lipinski definition) is 9. The van der Waals surface area contributed by atoms with Crippen molar-refractivity contribution < 1.29 is 66.9 Å². The Morgan fingerprint density at radius 3 is 2.21 bits per heavy atom. The Morgan fingerprint density at radius 1 is 0.919 bits per heavy atom. The second-order valence-electron chi connectivity index (χ2n) is 15.1. The lowest BCUT2D eigenvalue weighted by molar-refractivity contribution is -0.274. The molecule has 0 aliphatic carbocycles. The standard InChI is InChI=1S/C39H50F3N7O13/c40-39(41,42)62-24-9-7-22(8-10-24)58-23-11-15-48(16-12-23)21-5-3-20(4-6-21)19-46-26(50)2-1-14-45-28(35(44)56)33(61-37-32(55)29(52)25(18-43)59-37)34-30(53)31(54)36(60-34)49-17-13-27(51)47-38(49)57/h3-10,13,17,23,25,28-34,36-37,45,52-55H,1-2,11-12,14-16,18-19,43H2,(H2,44,56)(H,46,50)(H,47,51,57)/t25-,28+,29+,30+,31-,32-,33+,34+,36-,37+/m1/s1. The van der Waals surface area contributed by atoms with Gasteiger partial charge < -0.3 is 71.1 Å². The number of nitrogens with two attached hydrogens (primary N) is 2. The Morgan fingerprint density at radius 2 is 1.60 bits per heavy atom. The highest BCUT2D eigenvalue weighted by molar-refractivity contribution is 5.80. The van der Waals surface area contributed by atoms with Crippen LogP contribution in [0.3, 0.4) is 0 Å². The van der Waals surface area contributed by atoms with E-state index in [1.54, 1.807) is 0 Å². The first kappa shape index (κ1) is 46.4. The predicted molar refractivity (Wildman–Crippen MR) is 209 cm³/mol. The highest BCUT2D eigenvalue weighted by Crippen LogP contribution is 2.34. The first-order chi connectivity index (χ1) is 29.5. The maximum Gasteiger partial charge on any atom is 0.573 e. The fourth-order valence-electron chi connectivity index (χ4n) is 7.48. The number of ether oxygens (including phenoxy) is 5. The summed E-state index contributed by atoms with van der Waals surface area (Å²) in [4.78, 5) is 54.0. The van der Waals surface area contributed by atoms with E-state index < -0.39 is 84.8 Å². The van der Waals surface area contributed by atoms with Gasteiger partial charge in [-0.3, -0.25) is 23.9 Å².